The molecular weight excluding hydrogens is 262 g/mol. The number of hydrogen-bond acceptors (Lipinski definition) is 4. The molecule has 2 rings (SSSR count). The standard InChI is InChI=1S/C13H19N3S2/c1-8-6-11(13(14)17)7-12(15-8)16-4-5-18-10(3)9(16)2/h6-7,9-10H,4-5H2,1-3H3,(H2,14,17). The monoisotopic (exact) mass is 281 g/mol. The fourth-order valence-corrected chi connectivity index (χ4v) is 3.41. The van der Waals surface area contributed by atoms with Gasteiger partial charge in [-0.2, -0.15) is 11.8 Å². The zero-order valence-corrected chi connectivity index (χ0v) is 12.6. The lowest BCUT2D eigenvalue weighted by atomic mass is 10.1. The Labute approximate surface area is 118 Å². The maximum atomic E-state index is 5.72. The molecule has 1 saturated heterocycles. The van der Waals surface area contributed by atoms with E-state index in [-0.39, 0.29) is 0 Å². The highest BCUT2D eigenvalue weighted by Crippen LogP contribution is 2.28. The minimum absolute atomic E-state index is 0.439. The van der Waals surface area contributed by atoms with Crippen LogP contribution in [-0.2, 0) is 0 Å². The Morgan fingerprint density at radius 1 is 1.50 bits per heavy atom. The van der Waals surface area contributed by atoms with E-state index in [9.17, 15) is 0 Å². The Morgan fingerprint density at radius 3 is 2.89 bits per heavy atom. The Bertz CT molecular complexity index is 462. The summed E-state index contributed by atoms with van der Waals surface area (Å²) in [4.78, 5) is 7.42. The Balaban J connectivity index is 2.35. The second-order valence-electron chi connectivity index (χ2n) is 4.73. The third-order valence-electron chi connectivity index (χ3n) is 3.40. The average Bonchev–Trinajstić information content (AvgIpc) is 2.31. The Kier molecular flexibility index (Phi) is 4.12. The predicted molar refractivity (Wildman–Crippen MR) is 83.6 cm³/mol. The minimum atomic E-state index is 0.439. The smallest absolute Gasteiger partial charge is 0.129 e. The summed E-state index contributed by atoms with van der Waals surface area (Å²) in [5, 5.41) is 0.620. The Hall–Kier alpha value is -0.810. The number of anilines is 1. The molecule has 2 atom stereocenters. The molecule has 1 fully saturated rings. The van der Waals surface area contributed by atoms with E-state index in [0.29, 0.717) is 16.3 Å². The summed E-state index contributed by atoms with van der Waals surface area (Å²) in [6, 6.07) is 4.44. The SMILES string of the molecule is Cc1cc(C(N)=S)cc(N2CCSC(C)C2C)n1. The zero-order chi connectivity index (χ0) is 13.3. The molecule has 3 nitrogen and oxygen atoms in total. The van der Waals surface area contributed by atoms with Crippen molar-refractivity contribution in [2.75, 3.05) is 17.2 Å². The highest BCUT2D eigenvalue weighted by molar-refractivity contribution is 8.00. The first-order valence-corrected chi connectivity index (χ1v) is 7.61. The van der Waals surface area contributed by atoms with Crippen molar-refractivity contribution in [2.45, 2.75) is 32.1 Å². The molecule has 2 unspecified atom stereocenters. The van der Waals surface area contributed by atoms with Crippen molar-refractivity contribution in [1.29, 1.82) is 0 Å². The number of aryl methyl sites for hydroxylation is 1. The molecule has 0 amide bonds. The molecule has 0 aliphatic carbocycles. The van der Waals surface area contributed by atoms with Crippen molar-refractivity contribution in [1.82, 2.24) is 4.98 Å². The van der Waals surface area contributed by atoms with Gasteiger partial charge in [-0.25, -0.2) is 4.98 Å². The van der Waals surface area contributed by atoms with Crippen molar-refractivity contribution in [2.24, 2.45) is 5.73 Å². The van der Waals surface area contributed by atoms with Crippen LogP contribution >= 0.6 is 24.0 Å². The molecule has 0 radical (unpaired) electrons. The van der Waals surface area contributed by atoms with Gasteiger partial charge in [0.2, 0.25) is 0 Å². The summed E-state index contributed by atoms with van der Waals surface area (Å²) in [6.07, 6.45) is 0. The van der Waals surface area contributed by atoms with Crippen molar-refractivity contribution < 1.29 is 0 Å². The van der Waals surface area contributed by atoms with Crippen LogP contribution in [0.4, 0.5) is 5.82 Å². The van der Waals surface area contributed by atoms with Crippen LogP contribution in [0.15, 0.2) is 12.1 Å². The van der Waals surface area contributed by atoms with Crippen LogP contribution in [-0.4, -0.2) is 33.6 Å². The molecule has 1 aromatic rings. The maximum Gasteiger partial charge on any atom is 0.129 e. The van der Waals surface area contributed by atoms with Crippen LogP contribution in [0.25, 0.3) is 0 Å². The summed E-state index contributed by atoms with van der Waals surface area (Å²) in [7, 11) is 0. The van der Waals surface area contributed by atoms with Gasteiger partial charge in [0.1, 0.15) is 10.8 Å². The van der Waals surface area contributed by atoms with E-state index in [2.05, 4.69) is 23.7 Å². The van der Waals surface area contributed by atoms with E-state index >= 15 is 0 Å². The number of nitrogens with zero attached hydrogens (tertiary/aromatic N) is 2. The van der Waals surface area contributed by atoms with Crippen molar-refractivity contribution >= 4 is 34.8 Å². The highest BCUT2D eigenvalue weighted by Gasteiger charge is 2.26. The molecule has 98 valence electrons. The van der Waals surface area contributed by atoms with Crippen LogP contribution in [0.1, 0.15) is 25.1 Å². The summed E-state index contributed by atoms with van der Waals surface area (Å²) in [5.41, 5.74) is 7.60. The van der Waals surface area contributed by atoms with Crippen molar-refractivity contribution in [3.63, 3.8) is 0 Å². The van der Waals surface area contributed by atoms with E-state index in [4.69, 9.17) is 18.0 Å². The minimum Gasteiger partial charge on any atom is -0.389 e. The largest absolute Gasteiger partial charge is 0.389 e. The molecule has 2 N–H and O–H groups in total. The molecule has 0 saturated carbocycles. The van der Waals surface area contributed by atoms with Gasteiger partial charge >= 0.3 is 0 Å². The number of thioether (sulfide) groups is 1. The normalized spacial score (nSPS) is 24.1. The van der Waals surface area contributed by atoms with Gasteiger partial charge in [0.15, 0.2) is 0 Å². The fourth-order valence-electron chi connectivity index (χ4n) is 2.20. The molecule has 2 heterocycles. The van der Waals surface area contributed by atoms with Crippen LogP contribution in [0.5, 0.6) is 0 Å². The third-order valence-corrected chi connectivity index (χ3v) is 4.98. The Morgan fingerprint density at radius 2 is 2.22 bits per heavy atom. The van der Waals surface area contributed by atoms with Gasteiger partial charge in [-0.15, -0.1) is 0 Å². The lowest BCUT2D eigenvalue weighted by Crippen LogP contribution is -2.45. The fraction of sp³-hybridized carbons (Fsp3) is 0.538. The first kappa shape index (κ1) is 13.6. The summed E-state index contributed by atoms with van der Waals surface area (Å²) < 4.78 is 0. The van der Waals surface area contributed by atoms with Gasteiger partial charge in [0, 0.05) is 34.8 Å². The quantitative estimate of drug-likeness (QED) is 0.843. The molecule has 1 aliphatic rings. The number of hydrogen-bond donors (Lipinski definition) is 1. The molecule has 18 heavy (non-hydrogen) atoms. The average molecular weight is 281 g/mol. The number of pyridine rings is 1. The first-order chi connectivity index (χ1) is 8.49. The van der Waals surface area contributed by atoms with Crippen molar-refractivity contribution in [3.8, 4) is 0 Å². The molecule has 5 heteroatoms. The number of aromatic nitrogens is 1. The van der Waals surface area contributed by atoms with Gasteiger partial charge in [-0.05, 0) is 26.0 Å². The van der Waals surface area contributed by atoms with Gasteiger partial charge in [-0.1, -0.05) is 19.1 Å². The van der Waals surface area contributed by atoms with Gasteiger partial charge in [-0.3, -0.25) is 0 Å². The van der Waals surface area contributed by atoms with E-state index in [1.54, 1.807) is 0 Å². The second-order valence-corrected chi connectivity index (χ2v) is 6.65. The molecule has 0 spiro atoms. The molecule has 0 bridgehead atoms. The van der Waals surface area contributed by atoms with E-state index < -0.39 is 0 Å². The van der Waals surface area contributed by atoms with Crippen LogP contribution in [0, 0.1) is 6.92 Å². The van der Waals surface area contributed by atoms with Crippen LogP contribution in [0.2, 0.25) is 0 Å². The summed E-state index contributed by atoms with van der Waals surface area (Å²) in [6.45, 7) is 7.54. The van der Waals surface area contributed by atoms with E-state index in [1.165, 1.54) is 0 Å². The molecular formula is C13H19N3S2. The van der Waals surface area contributed by atoms with E-state index in [1.807, 2.05) is 30.8 Å². The lowest BCUT2D eigenvalue weighted by Gasteiger charge is -2.38. The topological polar surface area (TPSA) is 42.1 Å². The molecule has 0 aromatic carbocycles. The zero-order valence-electron chi connectivity index (χ0n) is 11.0. The maximum absolute atomic E-state index is 5.72. The van der Waals surface area contributed by atoms with Gasteiger partial charge in [0.05, 0.1) is 0 Å². The van der Waals surface area contributed by atoms with E-state index in [0.717, 1.165) is 29.4 Å². The number of thiocarbonyl (C=S) groups is 1. The van der Waals surface area contributed by atoms with Crippen LogP contribution < -0.4 is 10.6 Å². The molecule has 1 aliphatic heterocycles. The summed E-state index contributed by atoms with van der Waals surface area (Å²) >= 11 is 7.08. The first-order valence-electron chi connectivity index (χ1n) is 6.16. The van der Waals surface area contributed by atoms with Crippen LogP contribution in [0.3, 0.4) is 0 Å². The van der Waals surface area contributed by atoms with Gasteiger partial charge < -0.3 is 10.6 Å². The molecule has 1 aromatic heterocycles. The van der Waals surface area contributed by atoms with Gasteiger partial charge in [0.25, 0.3) is 0 Å². The summed E-state index contributed by atoms with van der Waals surface area (Å²) in [5.74, 6) is 2.14. The number of rotatable bonds is 2. The number of nitrogens with two attached hydrogens (primary N) is 1. The van der Waals surface area contributed by atoms with Crippen molar-refractivity contribution in [3.05, 3.63) is 23.4 Å². The predicted octanol–water partition coefficient (Wildman–Crippen LogP) is 2.35. The highest BCUT2D eigenvalue weighted by atomic mass is 32.2. The lowest BCUT2D eigenvalue weighted by molar-refractivity contribution is 0.620. The third kappa shape index (κ3) is 2.78. The second kappa shape index (κ2) is 5.45.